The van der Waals surface area contributed by atoms with Crippen LogP contribution in [0.2, 0.25) is 5.02 Å². The zero-order chi connectivity index (χ0) is 13.2. The Bertz CT molecular complexity index is 421. The number of hydrogen-bond donors (Lipinski definition) is 1. The molecule has 2 unspecified atom stereocenters. The molecule has 1 aromatic rings. The Morgan fingerprint density at radius 2 is 2.22 bits per heavy atom. The first kappa shape index (κ1) is 13.8. The minimum atomic E-state index is -0.346. The van der Waals surface area contributed by atoms with Gasteiger partial charge in [0, 0.05) is 5.54 Å². The lowest BCUT2D eigenvalue weighted by Gasteiger charge is -2.41. The van der Waals surface area contributed by atoms with Crippen molar-refractivity contribution in [1.29, 1.82) is 0 Å². The lowest BCUT2D eigenvalue weighted by atomic mass is 9.69. The molecule has 100 valence electrons. The summed E-state index contributed by atoms with van der Waals surface area (Å²) in [6.45, 7) is 2.19. The molecule has 1 fully saturated rings. The average molecular weight is 270 g/mol. The molecule has 2 rings (SSSR count). The number of nitrogens with two attached hydrogens (primary N) is 1. The molecule has 0 spiro atoms. The first-order valence-corrected chi connectivity index (χ1v) is 7.16. The molecule has 2 N–H and O–H groups in total. The molecule has 1 nitrogen and oxygen atoms in total. The number of rotatable bonds is 3. The maximum atomic E-state index is 13.5. The van der Waals surface area contributed by atoms with Crippen molar-refractivity contribution in [2.75, 3.05) is 0 Å². The summed E-state index contributed by atoms with van der Waals surface area (Å²) in [6.07, 6.45) is 6.54. The van der Waals surface area contributed by atoms with Crippen LogP contribution in [0.1, 0.15) is 44.6 Å². The van der Waals surface area contributed by atoms with Crippen LogP contribution in [0.5, 0.6) is 0 Å². The molecule has 0 amide bonds. The van der Waals surface area contributed by atoms with E-state index >= 15 is 0 Å². The standard InChI is InChI=1S/C15H21ClFN/c1-2-12-5-3-4-8-15(12,18)10-11-6-7-13(16)14(17)9-11/h6-7,9,12H,2-5,8,10,18H2,1H3. The molecular formula is C15H21ClFN. The van der Waals surface area contributed by atoms with Gasteiger partial charge in [-0.2, -0.15) is 0 Å². The topological polar surface area (TPSA) is 26.0 Å². The molecule has 1 aromatic carbocycles. The van der Waals surface area contributed by atoms with Gasteiger partial charge < -0.3 is 5.73 Å². The molecule has 0 radical (unpaired) electrons. The van der Waals surface area contributed by atoms with Gasteiger partial charge in [0.2, 0.25) is 0 Å². The molecule has 18 heavy (non-hydrogen) atoms. The van der Waals surface area contributed by atoms with E-state index in [1.807, 2.05) is 6.07 Å². The Kier molecular flexibility index (Phi) is 4.29. The summed E-state index contributed by atoms with van der Waals surface area (Å²) in [6, 6.07) is 5.04. The Morgan fingerprint density at radius 3 is 2.89 bits per heavy atom. The summed E-state index contributed by atoms with van der Waals surface area (Å²) in [5.74, 6) is 0.201. The first-order chi connectivity index (χ1) is 8.55. The van der Waals surface area contributed by atoms with Gasteiger partial charge in [-0.25, -0.2) is 4.39 Å². The molecule has 0 aromatic heterocycles. The molecule has 0 heterocycles. The SMILES string of the molecule is CCC1CCCCC1(N)Cc1ccc(Cl)c(F)c1. The van der Waals surface area contributed by atoms with Gasteiger partial charge >= 0.3 is 0 Å². The third-order valence-corrected chi connectivity index (χ3v) is 4.57. The molecule has 3 heteroatoms. The zero-order valence-electron chi connectivity index (χ0n) is 10.9. The van der Waals surface area contributed by atoms with Gasteiger partial charge in [-0.3, -0.25) is 0 Å². The smallest absolute Gasteiger partial charge is 0.142 e. The van der Waals surface area contributed by atoms with Crippen LogP contribution in [-0.4, -0.2) is 5.54 Å². The number of hydrogen-bond acceptors (Lipinski definition) is 1. The molecule has 1 aliphatic rings. The van der Waals surface area contributed by atoms with Gasteiger partial charge in [-0.05, 0) is 42.9 Å². The minimum absolute atomic E-state index is 0.173. The summed E-state index contributed by atoms with van der Waals surface area (Å²) in [5.41, 5.74) is 7.36. The lowest BCUT2D eigenvalue weighted by molar-refractivity contribution is 0.182. The van der Waals surface area contributed by atoms with E-state index in [2.05, 4.69) is 6.92 Å². The second kappa shape index (κ2) is 5.58. The Labute approximate surface area is 114 Å². The van der Waals surface area contributed by atoms with E-state index in [1.165, 1.54) is 25.3 Å². The van der Waals surface area contributed by atoms with Crippen molar-refractivity contribution in [3.8, 4) is 0 Å². The molecular weight excluding hydrogens is 249 g/mol. The van der Waals surface area contributed by atoms with E-state index < -0.39 is 0 Å². The summed E-state index contributed by atoms with van der Waals surface area (Å²) in [7, 11) is 0. The quantitative estimate of drug-likeness (QED) is 0.869. The summed E-state index contributed by atoms with van der Waals surface area (Å²) >= 11 is 5.71. The Hall–Kier alpha value is -0.600. The summed E-state index contributed by atoms with van der Waals surface area (Å²) in [5, 5.41) is 0.181. The van der Waals surface area contributed by atoms with Crippen LogP contribution in [0, 0.1) is 11.7 Å². The van der Waals surface area contributed by atoms with Crippen molar-refractivity contribution in [3.63, 3.8) is 0 Å². The second-order valence-corrected chi connectivity index (χ2v) is 5.92. The van der Waals surface area contributed by atoms with Crippen LogP contribution in [0.3, 0.4) is 0 Å². The number of benzene rings is 1. The third-order valence-electron chi connectivity index (χ3n) is 4.27. The Balaban J connectivity index is 2.17. The van der Waals surface area contributed by atoms with Crippen molar-refractivity contribution >= 4 is 11.6 Å². The first-order valence-electron chi connectivity index (χ1n) is 6.78. The number of halogens is 2. The van der Waals surface area contributed by atoms with Gasteiger partial charge in [-0.15, -0.1) is 0 Å². The Morgan fingerprint density at radius 1 is 1.44 bits per heavy atom. The van der Waals surface area contributed by atoms with Crippen LogP contribution in [0.4, 0.5) is 4.39 Å². The van der Waals surface area contributed by atoms with Crippen molar-refractivity contribution < 1.29 is 4.39 Å². The van der Waals surface area contributed by atoms with E-state index in [0.29, 0.717) is 5.92 Å². The van der Waals surface area contributed by atoms with Gasteiger partial charge in [0.25, 0.3) is 0 Å². The van der Waals surface area contributed by atoms with E-state index in [0.717, 1.165) is 24.8 Å². The van der Waals surface area contributed by atoms with Crippen LogP contribution < -0.4 is 5.73 Å². The predicted molar refractivity (Wildman–Crippen MR) is 74.3 cm³/mol. The van der Waals surface area contributed by atoms with Gasteiger partial charge in [0.05, 0.1) is 5.02 Å². The van der Waals surface area contributed by atoms with Crippen molar-refractivity contribution in [2.45, 2.75) is 51.0 Å². The van der Waals surface area contributed by atoms with E-state index in [1.54, 1.807) is 6.07 Å². The molecule has 0 aliphatic heterocycles. The van der Waals surface area contributed by atoms with Crippen LogP contribution in [-0.2, 0) is 6.42 Å². The van der Waals surface area contributed by atoms with Crippen molar-refractivity contribution in [2.24, 2.45) is 11.7 Å². The fourth-order valence-electron chi connectivity index (χ4n) is 3.21. The van der Waals surface area contributed by atoms with E-state index in [4.69, 9.17) is 17.3 Å². The predicted octanol–water partition coefficient (Wildman–Crippen LogP) is 4.32. The third kappa shape index (κ3) is 2.86. The summed E-state index contributed by atoms with van der Waals surface area (Å²) in [4.78, 5) is 0. The highest BCUT2D eigenvalue weighted by atomic mass is 35.5. The maximum absolute atomic E-state index is 13.5. The summed E-state index contributed by atoms with van der Waals surface area (Å²) < 4.78 is 13.5. The maximum Gasteiger partial charge on any atom is 0.142 e. The van der Waals surface area contributed by atoms with Gasteiger partial charge in [0.15, 0.2) is 0 Å². The molecule has 1 saturated carbocycles. The zero-order valence-corrected chi connectivity index (χ0v) is 11.6. The largest absolute Gasteiger partial charge is 0.325 e. The fraction of sp³-hybridized carbons (Fsp3) is 0.600. The molecule has 0 saturated heterocycles. The lowest BCUT2D eigenvalue weighted by Crippen LogP contribution is -2.50. The highest BCUT2D eigenvalue weighted by molar-refractivity contribution is 6.30. The molecule has 2 atom stereocenters. The minimum Gasteiger partial charge on any atom is -0.325 e. The van der Waals surface area contributed by atoms with E-state index in [9.17, 15) is 4.39 Å². The highest BCUT2D eigenvalue weighted by Gasteiger charge is 2.36. The van der Waals surface area contributed by atoms with Gasteiger partial charge in [-0.1, -0.05) is 43.9 Å². The van der Waals surface area contributed by atoms with Crippen LogP contribution >= 0.6 is 11.6 Å². The highest BCUT2D eigenvalue weighted by Crippen LogP contribution is 2.36. The van der Waals surface area contributed by atoms with Gasteiger partial charge in [0.1, 0.15) is 5.82 Å². The van der Waals surface area contributed by atoms with Crippen LogP contribution in [0.15, 0.2) is 18.2 Å². The van der Waals surface area contributed by atoms with Crippen LogP contribution in [0.25, 0.3) is 0 Å². The molecule has 0 bridgehead atoms. The molecule has 1 aliphatic carbocycles. The van der Waals surface area contributed by atoms with Crippen molar-refractivity contribution in [3.05, 3.63) is 34.6 Å². The average Bonchev–Trinajstić information content (AvgIpc) is 2.34. The van der Waals surface area contributed by atoms with Crippen molar-refractivity contribution in [1.82, 2.24) is 0 Å². The monoisotopic (exact) mass is 269 g/mol. The van der Waals surface area contributed by atoms with E-state index in [-0.39, 0.29) is 16.4 Å². The fourth-order valence-corrected chi connectivity index (χ4v) is 3.33. The normalized spacial score (nSPS) is 28.3. The second-order valence-electron chi connectivity index (χ2n) is 5.51.